The molecule has 0 unspecified atom stereocenters. The number of hydrogen-bond acceptors (Lipinski definition) is 3. The first-order valence-electron chi connectivity index (χ1n) is 7.56. The maximum Gasteiger partial charge on any atom is 0.226 e. The SMILES string of the molecule is CC(=O)N(CCC(=O)Nc1cccc2cccnc12)C1CC1. The minimum absolute atomic E-state index is 0.0436. The van der Waals surface area contributed by atoms with E-state index < -0.39 is 0 Å². The van der Waals surface area contributed by atoms with Crippen molar-refractivity contribution in [2.24, 2.45) is 0 Å². The van der Waals surface area contributed by atoms with Gasteiger partial charge in [0.2, 0.25) is 11.8 Å². The van der Waals surface area contributed by atoms with Gasteiger partial charge in [-0.15, -0.1) is 0 Å². The maximum atomic E-state index is 12.1. The van der Waals surface area contributed by atoms with Crippen LogP contribution in [-0.2, 0) is 9.59 Å². The molecule has 3 rings (SSSR count). The molecule has 1 aliphatic rings. The quantitative estimate of drug-likeness (QED) is 0.922. The van der Waals surface area contributed by atoms with Crippen LogP contribution >= 0.6 is 0 Å². The molecular formula is C17H19N3O2. The van der Waals surface area contributed by atoms with E-state index in [9.17, 15) is 9.59 Å². The number of carbonyl (C=O) groups is 2. The molecule has 0 radical (unpaired) electrons. The predicted molar refractivity (Wildman–Crippen MR) is 85.4 cm³/mol. The summed E-state index contributed by atoms with van der Waals surface area (Å²) < 4.78 is 0. The van der Waals surface area contributed by atoms with Crippen molar-refractivity contribution in [3.05, 3.63) is 36.5 Å². The van der Waals surface area contributed by atoms with Gasteiger partial charge in [-0.3, -0.25) is 14.6 Å². The van der Waals surface area contributed by atoms with Crippen LogP contribution in [0, 0.1) is 0 Å². The smallest absolute Gasteiger partial charge is 0.226 e. The monoisotopic (exact) mass is 297 g/mol. The summed E-state index contributed by atoms with van der Waals surface area (Å²) in [4.78, 5) is 29.8. The Morgan fingerprint density at radius 2 is 2.05 bits per heavy atom. The van der Waals surface area contributed by atoms with Gasteiger partial charge in [-0.05, 0) is 25.0 Å². The number of carbonyl (C=O) groups excluding carboxylic acids is 2. The zero-order valence-electron chi connectivity index (χ0n) is 12.6. The molecule has 0 spiro atoms. The van der Waals surface area contributed by atoms with Crippen LogP contribution in [0.5, 0.6) is 0 Å². The Kier molecular flexibility index (Phi) is 4.04. The molecule has 1 N–H and O–H groups in total. The van der Waals surface area contributed by atoms with Crippen molar-refractivity contribution in [3.63, 3.8) is 0 Å². The highest BCUT2D eigenvalue weighted by Crippen LogP contribution is 2.27. The summed E-state index contributed by atoms with van der Waals surface area (Å²) in [6, 6.07) is 9.87. The number of benzene rings is 1. The number of para-hydroxylation sites is 1. The van der Waals surface area contributed by atoms with Crippen LogP contribution in [0.15, 0.2) is 36.5 Å². The molecule has 22 heavy (non-hydrogen) atoms. The van der Waals surface area contributed by atoms with Crippen molar-refractivity contribution in [2.45, 2.75) is 32.2 Å². The summed E-state index contributed by atoms with van der Waals surface area (Å²) in [5.41, 5.74) is 1.49. The van der Waals surface area contributed by atoms with E-state index in [0.29, 0.717) is 24.7 Å². The molecule has 5 heteroatoms. The lowest BCUT2D eigenvalue weighted by atomic mass is 10.2. The van der Waals surface area contributed by atoms with Gasteiger partial charge in [0.05, 0.1) is 11.2 Å². The van der Waals surface area contributed by atoms with Crippen LogP contribution in [0.3, 0.4) is 0 Å². The molecule has 1 aromatic carbocycles. The number of hydrogen-bond donors (Lipinski definition) is 1. The first kappa shape index (κ1) is 14.5. The molecule has 0 saturated heterocycles. The van der Waals surface area contributed by atoms with E-state index in [-0.39, 0.29) is 11.8 Å². The standard InChI is InChI=1S/C17H19N3O2/c1-12(21)20(14-7-8-14)11-9-16(22)19-15-6-2-4-13-5-3-10-18-17(13)15/h2-6,10,14H,7-9,11H2,1H3,(H,19,22). The summed E-state index contributed by atoms with van der Waals surface area (Å²) in [5.74, 6) is -0.0489. The molecule has 114 valence electrons. The van der Waals surface area contributed by atoms with Crippen LogP contribution in [0.1, 0.15) is 26.2 Å². The number of nitrogens with one attached hydrogen (secondary N) is 1. The van der Waals surface area contributed by atoms with E-state index in [0.717, 1.165) is 23.7 Å². The van der Waals surface area contributed by atoms with Gasteiger partial charge in [0, 0.05) is 37.5 Å². The molecule has 0 bridgehead atoms. The highest BCUT2D eigenvalue weighted by molar-refractivity contribution is 6.00. The second kappa shape index (κ2) is 6.13. The van der Waals surface area contributed by atoms with Crippen molar-refractivity contribution >= 4 is 28.4 Å². The van der Waals surface area contributed by atoms with Gasteiger partial charge >= 0.3 is 0 Å². The maximum absolute atomic E-state index is 12.1. The molecule has 0 aliphatic heterocycles. The molecule has 1 aromatic heterocycles. The number of nitrogens with zero attached hydrogens (tertiary/aromatic N) is 2. The van der Waals surface area contributed by atoms with E-state index >= 15 is 0 Å². The lowest BCUT2D eigenvalue weighted by Crippen LogP contribution is -2.33. The van der Waals surface area contributed by atoms with E-state index in [1.807, 2.05) is 30.3 Å². The van der Waals surface area contributed by atoms with Gasteiger partial charge in [-0.25, -0.2) is 0 Å². The summed E-state index contributed by atoms with van der Waals surface area (Å²) in [7, 11) is 0. The van der Waals surface area contributed by atoms with Crippen molar-refractivity contribution in [1.29, 1.82) is 0 Å². The number of aromatic nitrogens is 1. The Morgan fingerprint density at radius 1 is 1.27 bits per heavy atom. The second-order valence-electron chi connectivity index (χ2n) is 5.62. The Hall–Kier alpha value is -2.43. The fraction of sp³-hybridized carbons (Fsp3) is 0.353. The lowest BCUT2D eigenvalue weighted by molar-refractivity contribution is -0.129. The molecule has 1 fully saturated rings. The van der Waals surface area contributed by atoms with Crippen LogP contribution in [0.4, 0.5) is 5.69 Å². The zero-order valence-corrected chi connectivity index (χ0v) is 12.6. The largest absolute Gasteiger partial charge is 0.339 e. The third-order valence-electron chi connectivity index (χ3n) is 3.88. The van der Waals surface area contributed by atoms with E-state index in [1.165, 1.54) is 0 Å². The second-order valence-corrected chi connectivity index (χ2v) is 5.62. The van der Waals surface area contributed by atoms with Gasteiger partial charge in [-0.2, -0.15) is 0 Å². The number of fused-ring (bicyclic) bond motifs is 1. The first-order chi connectivity index (χ1) is 10.6. The highest BCUT2D eigenvalue weighted by Gasteiger charge is 2.30. The summed E-state index contributed by atoms with van der Waals surface area (Å²) in [5, 5.41) is 3.89. The van der Waals surface area contributed by atoms with Crippen molar-refractivity contribution in [1.82, 2.24) is 9.88 Å². The molecular weight excluding hydrogens is 278 g/mol. The average molecular weight is 297 g/mol. The van der Waals surface area contributed by atoms with E-state index in [1.54, 1.807) is 18.0 Å². The zero-order chi connectivity index (χ0) is 15.5. The minimum atomic E-state index is -0.0925. The summed E-state index contributed by atoms with van der Waals surface area (Å²) in [6.07, 6.45) is 4.12. The highest BCUT2D eigenvalue weighted by atomic mass is 16.2. The topological polar surface area (TPSA) is 62.3 Å². The van der Waals surface area contributed by atoms with Crippen LogP contribution < -0.4 is 5.32 Å². The molecule has 0 atom stereocenters. The molecule has 2 aromatic rings. The van der Waals surface area contributed by atoms with Crippen LogP contribution in [0.25, 0.3) is 10.9 Å². The predicted octanol–water partition coefficient (Wildman–Crippen LogP) is 2.57. The summed E-state index contributed by atoms with van der Waals surface area (Å²) in [6.45, 7) is 2.04. The third-order valence-corrected chi connectivity index (χ3v) is 3.88. The molecule has 1 aliphatic carbocycles. The van der Waals surface area contributed by atoms with Gasteiger partial charge in [0.25, 0.3) is 0 Å². The Bertz CT molecular complexity index is 705. The fourth-order valence-corrected chi connectivity index (χ4v) is 2.62. The van der Waals surface area contributed by atoms with Gasteiger partial charge in [0.1, 0.15) is 0 Å². The average Bonchev–Trinajstić information content (AvgIpc) is 3.32. The van der Waals surface area contributed by atoms with Gasteiger partial charge in [-0.1, -0.05) is 18.2 Å². The molecule has 1 saturated carbocycles. The number of rotatable bonds is 5. The lowest BCUT2D eigenvalue weighted by Gasteiger charge is -2.20. The Balaban J connectivity index is 1.64. The van der Waals surface area contributed by atoms with E-state index in [4.69, 9.17) is 0 Å². The minimum Gasteiger partial charge on any atom is -0.339 e. The van der Waals surface area contributed by atoms with Gasteiger partial charge < -0.3 is 10.2 Å². The fourth-order valence-electron chi connectivity index (χ4n) is 2.62. The molecule has 2 amide bonds. The third kappa shape index (κ3) is 3.24. The van der Waals surface area contributed by atoms with Crippen molar-refractivity contribution in [3.8, 4) is 0 Å². The van der Waals surface area contributed by atoms with Crippen LogP contribution in [-0.4, -0.2) is 34.3 Å². The normalized spacial score (nSPS) is 13.9. The molecule has 1 heterocycles. The Morgan fingerprint density at radius 3 is 2.77 bits per heavy atom. The van der Waals surface area contributed by atoms with E-state index in [2.05, 4.69) is 10.3 Å². The van der Waals surface area contributed by atoms with Crippen LogP contribution in [0.2, 0.25) is 0 Å². The summed E-state index contributed by atoms with van der Waals surface area (Å²) >= 11 is 0. The van der Waals surface area contributed by atoms with Gasteiger partial charge in [0.15, 0.2) is 0 Å². The number of amides is 2. The first-order valence-corrected chi connectivity index (χ1v) is 7.56. The Labute approximate surface area is 129 Å². The van der Waals surface area contributed by atoms with Crippen molar-refractivity contribution < 1.29 is 9.59 Å². The molecule has 5 nitrogen and oxygen atoms in total. The van der Waals surface area contributed by atoms with Crippen molar-refractivity contribution in [2.75, 3.05) is 11.9 Å². The number of anilines is 1. The number of pyridine rings is 1.